The Balaban J connectivity index is 2.49. The van der Waals surface area contributed by atoms with E-state index >= 15 is 0 Å². The van der Waals surface area contributed by atoms with Crippen molar-refractivity contribution in [1.82, 2.24) is 0 Å². The molecule has 0 bridgehead atoms. The molecule has 1 saturated carbocycles. The lowest BCUT2D eigenvalue weighted by molar-refractivity contribution is 0.444. The molecule has 1 aliphatic rings. The molecule has 0 aromatic heterocycles. The minimum absolute atomic E-state index is 0.929. The van der Waals surface area contributed by atoms with E-state index in [0.717, 1.165) is 5.92 Å². The van der Waals surface area contributed by atoms with Crippen LogP contribution >= 0.6 is 0 Å². The van der Waals surface area contributed by atoms with Gasteiger partial charge in [-0.05, 0) is 31.6 Å². The molecule has 0 heterocycles. The van der Waals surface area contributed by atoms with Gasteiger partial charge in [0.1, 0.15) is 0 Å². The SMILES string of the molecule is CC1CCC(=C[Si](C)(C)C)CC1. The summed E-state index contributed by atoms with van der Waals surface area (Å²) < 4.78 is 0. The van der Waals surface area contributed by atoms with Crippen LogP contribution in [0.4, 0.5) is 0 Å². The highest BCUT2D eigenvalue weighted by Gasteiger charge is 2.15. The van der Waals surface area contributed by atoms with Crippen LogP contribution in [0.15, 0.2) is 11.3 Å². The van der Waals surface area contributed by atoms with Gasteiger partial charge in [0.25, 0.3) is 0 Å². The van der Waals surface area contributed by atoms with Crippen LogP contribution in [0.3, 0.4) is 0 Å². The maximum Gasteiger partial charge on any atom is 0.0686 e. The predicted molar refractivity (Wildman–Crippen MR) is 59.1 cm³/mol. The molecule has 1 fully saturated rings. The Kier molecular flexibility index (Phi) is 3.16. The molecule has 0 aliphatic heterocycles. The molecule has 0 N–H and O–H groups in total. The summed E-state index contributed by atoms with van der Waals surface area (Å²) in [6.07, 6.45) is 5.61. The summed E-state index contributed by atoms with van der Waals surface area (Å²) in [4.78, 5) is 0. The fourth-order valence-electron chi connectivity index (χ4n) is 1.89. The molecule has 0 saturated heterocycles. The lowest BCUT2D eigenvalue weighted by Crippen LogP contribution is -2.18. The van der Waals surface area contributed by atoms with E-state index in [1.807, 2.05) is 0 Å². The van der Waals surface area contributed by atoms with Crippen molar-refractivity contribution in [3.05, 3.63) is 11.3 Å². The van der Waals surface area contributed by atoms with E-state index in [0.29, 0.717) is 0 Å². The first-order valence-electron chi connectivity index (χ1n) is 5.18. The van der Waals surface area contributed by atoms with Crippen molar-refractivity contribution in [1.29, 1.82) is 0 Å². The first-order chi connectivity index (χ1) is 5.47. The molecule has 0 radical (unpaired) electrons. The van der Waals surface area contributed by atoms with Crippen LogP contribution in [0, 0.1) is 5.92 Å². The van der Waals surface area contributed by atoms with E-state index in [-0.39, 0.29) is 0 Å². The minimum Gasteiger partial charge on any atom is -0.0958 e. The van der Waals surface area contributed by atoms with E-state index in [2.05, 4.69) is 32.3 Å². The van der Waals surface area contributed by atoms with Gasteiger partial charge in [0, 0.05) is 0 Å². The van der Waals surface area contributed by atoms with Crippen LogP contribution < -0.4 is 0 Å². The summed E-state index contributed by atoms with van der Waals surface area (Å²) >= 11 is 0. The maximum atomic E-state index is 2.61. The van der Waals surface area contributed by atoms with E-state index in [9.17, 15) is 0 Å². The van der Waals surface area contributed by atoms with Crippen molar-refractivity contribution in [3.63, 3.8) is 0 Å². The van der Waals surface area contributed by atoms with Crippen molar-refractivity contribution in [3.8, 4) is 0 Å². The molecule has 70 valence electrons. The van der Waals surface area contributed by atoms with Gasteiger partial charge in [-0.15, -0.1) is 0 Å². The van der Waals surface area contributed by atoms with E-state index in [1.165, 1.54) is 25.7 Å². The fraction of sp³-hybridized carbons (Fsp3) is 0.818. The first-order valence-corrected chi connectivity index (χ1v) is 8.76. The molecule has 12 heavy (non-hydrogen) atoms. The summed E-state index contributed by atoms with van der Waals surface area (Å²) in [7, 11) is -0.929. The van der Waals surface area contributed by atoms with Crippen LogP contribution in [0.25, 0.3) is 0 Å². The van der Waals surface area contributed by atoms with Gasteiger partial charge < -0.3 is 0 Å². The zero-order valence-corrected chi connectivity index (χ0v) is 9.98. The van der Waals surface area contributed by atoms with E-state index in [1.54, 1.807) is 5.57 Å². The Bertz CT molecular complexity index is 164. The molecule has 0 spiro atoms. The Morgan fingerprint density at radius 3 is 2.08 bits per heavy atom. The Morgan fingerprint density at radius 1 is 1.17 bits per heavy atom. The van der Waals surface area contributed by atoms with Gasteiger partial charge in [0.2, 0.25) is 0 Å². The van der Waals surface area contributed by atoms with Gasteiger partial charge in [-0.25, -0.2) is 0 Å². The second-order valence-electron chi connectivity index (χ2n) is 5.35. The summed E-state index contributed by atoms with van der Waals surface area (Å²) in [5, 5.41) is 0. The zero-order valence-electron chi connectivity index (χ0n) is 8.98. The maximum absolute atomic E-state index is 2.61. The topological polar surface area (TPSA) is 0 Å². The third kappa shape index (κ3) is 3.57. The van der Waals surface area contributed by atoms with Crippen molar-refractivity contribution in [2.24, 2.45) is 5.92 Å². The molecule has 0 unspecified atom stereocenters. The zero-order chi connectivity index (χ0) is 9.19. The predicted octanol–water partition coefficient (Wildman–Crippen LogP) is 4.00. The Hall–Kier alpha value is -0.0431. The highest BCUT2D eigenvalue weighted by molar-refractivity contribution is 6.81. The molecule has 1 aliphatic carbocycles. The normalized spacial score (nSPS) is 25.7. The van der Waals surface area contributed by atoms with Crippen molar-refractivity contribution in [2.45, 2.75) is 52.2 Å². The molecule has 1 rings (SSSR count). The molecule has 0 amide bonds. The van der Waals surface area contributed by atoms with Crippen LogP contribution in [0.5, 0.6) is 0 Å². The molecular weight excluding hydrogens is 160 g/mol. The van der Waals surface area contributed by atoms with Gasteiger partial charge in [-0.2, -0.15) is 0 Å². The number of allylic oxidation sites excluding steroid dienone is 1. The third-order valence-electron chi connectivity index (χ3n) is 2.55. The largest absolute Gasteiger partial charge is 0.0958 e. The van der Waals surface area contributed by atoms with Gasteiger partial charge >= 0.3 is 0 Å². The average molecular weight is 182 g/mol. The monoisotopic (exact) mass is 182 g/mol. The smallest absolute Gasteiger partial charge is 0.0686 e. The Labute approximate surface area is 78.1 Å². The van der Waals surface area contributed by atoms with Crippen LogP contribution in [-0.4, -0.2) is 8.07 Å². The standard InChI is InChI=1S/C11H22Si/c1-10-5-7-11(8-6-10)9-12(2,3)4/h9-10H,5-8H2,1-4H3. The van der Waals surface area contributed by atoms with Crippen molar-refractivity contribution in [2.75, 3.05) is 0 Å². The third-order valence-corrected chi connectivity index (χ3v) is 3.83. The summed E-state index contributed by atoms with van der Waals surface area (Å²) in [6, 6.07) is 0. The second-order valence-corrected chi connectivity index (χ2v) is 10.4. The highest BCUT2D eigenvalue weighted by atomic mass is 28.3. The number of hydrogen-bond acceptors (Lipinski definition) is 0. The van der Waals surface area contributed by atoms with Crippen molar-refractivity contribution < 1.29 is 0 Å². The molecule has 0 aromatic carbocycles. The minimum atomic E-state index is -0.929. The van der Waals surface area contributed by atoms with Gasteiger partial charge in [0.05, 0.1) is 8.07 Å². The summed E-state index contributed by atoms with van der Waals surface area (Å²) in [5.41, 5.74) is 4.37. The molecule has 0 atom stereocenters. The van der Waals surface area contributed by atoms with Gasteiger partial charge in [0.15, 0.2) is 0 Å². The first kappa shape index (κ1) is 10.0. The van der Waals surface area contributed by atoms with Gasteiger partial charge in [-0.1, -0.05) is 37.8 Å². The van der Waals surface area contributed by atoms with Crippen LogP contribution in [-0.2, 0) is 0 Å². The number of rotatable bonds is 1. The van der Waals surface area contributed by atoms with Crippen molar-refractivity contribution >= 4 is 8.07 Å². The number of hydrogen-bond donors (Lipinski definition) is 0. The van der Waals surface area contributed by atoms with Gasteiger partial charge in [-0.3, -0.25) is 0 Å². The van der Waals surface area contributed by atoms with E-state index < -0.39 is 8.07 Å². The quantitative estimate of drug-likeness (QED) is 0.538. The second kappa shape index (κ2) is 3.78. The fourth-order valence-corrected chi connectivity index (χ4v) is 3.40. The molecule has 1 heteroatoms. The average Bonchev–Trinajstić information content (AvgIpc) is 1.91. The Morgan fingerprint density at radius 2 is 1.67 bits per heavy atom. The van der Waals surface area contributed by atoms with Crippen LogP contribution in [0.2, 0.25) is 19.6 Å². The molecule has 0 aromatic rings. The molecule has 0 nitrogen and oxygen atoms in total. The lowest BCUT2D eigenvalue weighted by atomic mass is 9.88. The lowest BCUT2D eigenvalue weighted by Gasteiger charge is -2.22. The summed E-state index contributed by atoms with van der Waals surface area (Å²) in [5.74, 6) is 0.976. The highest BCUT2D eigenvalue weighted by Crippen LogP contribution is 2.28. The van der Waals surface area contributed by atoms with E-state index in [4.69, 9.17) is 0 Å². The molecular formula is C11H22Si. The summed E-state index contributed by atoms with van der Waals surface area (Å²) in [6.45, 7) is 9.67. The van der Waals surface area contributed by atoms with Crippen LogP contribution in [0.1, 0.15) is 32.6 Å².